The Labute approximate surface area is 216 Å². The molecule has 3 aromatic rings. The molecule has 2 amide bonds. The van der Waals surface area contributed by atoms with E-state index in [4.69, 9.17) is 4.74 Å². The van der Waals surface area contributed by atoms with Crippen LogP contribution in [0.1, 0.15) is 29.9 Å². The summed E-state index contributed by atoms with van der Waals surface area (Å²) < 4.78 is 5.29. The summed E-state index contributed by atoms with van der Waals surface area (Å²) in [4.78, 5) is 32.5. The van der Waals surface area contributed by atoms with Crippen LogP contribution < -0.4 is 9.64 Å². The van der Waals surface area contributed by atoms with Gasteiger partial charge in [-0.15, -0.1) is 21.5 Å². The normalized spacial score (nSPS) is 14.4. The molecule has 0 aliphatic carbocycles. The predicted molar refractivity (Wildman–Crippen MR) is 142 cm³/mol. The van der Waals surface area contributed by atoms with E-state index in [1.54, 1.807) is 12.0 Å². The van der Waals surface area contributed by atoms with Gasteiger partial charge >= 0.3 is 0 Å². The van der Waals surface area contributed by atoms with Gasteiger partial charge in [-0.3, -0.25) is 9.59 Å². The molecular weight excluding hydrogens is 474 g/mol. The molecule has 1 atom stereocenters. The first-order valence-electron chi connectivity index (χ1n) is 12.3. The standard InChI is InChI=1S/C27H33N5O3S/c1-4-20(2)18-32(27(34)24-9-6-16-36-24)19-26(33)31-14-12-30(13-15-31)25-11-10-23(28-29-25)21-7-5-8-22(17-21)35-3/h5-11,16-17,20H,4,12-15,18-19H2,1-3H3/t20-/m0/s1. The Morgan fingerprint density at radius 2 is 1.89 bits per heavy atom. The van der Waals surface area contributed by atoms with E-state index in [2.05, 4.69) is 28.9 Å². The molecule has 8 nitrogen and oxygen atoms in total. The van der Waals surface area contributed by atoms with Gasteiger partial charge in [-0.25, -0.2) is 0 Å². The number of anilines is 1. The summed E-state index contributed by atoms with van der Waals surface area (Å²) >= 11 is 1.41. The van der Waals surface area contributed by atoms with E-state index >= 15 is 0 Å². The molecule has 3 heterocycles. The third-order valence-electron chi connectivity index (χ3n) is 6.55. The predicted octanol–water partition coefficient (Wildman–Crippen LogP) is 4.05. The number of benzene rings is 1. The van der Waals surface area contributed by atoms with Crippen LogP contribution in [0, 0.1) is 5.92 Å². The molecule has 36 heavy (non-hydrogen) atoms. The Morgan fingerprint density at radius 3 is 2.53 bits per heavy atom. The summed E-state index contributed by atoms with van der Waals surface area (Å²) in [5.41, 5.74) is 1.73. The lowest BCUT2D eigenvalue weighted by Crippen LogP contribution is -2.52. The van der Waals surface area contributed by atoms with Crippen molar-refractivity contribution in [2.45, 2.75) is 20.3 Å². The van der Waals surface area contributed by atoms with Gasteiger partial charge in [0.15, 0.2) is 5.82 Å². The summed E-state index contributed by atoms with van der Waals surface area (Å²) in [7, 11) is 1.64. The molecule has 2 aromatic heterocycles. The lowest BCUT2D eigenvalue weighted by atomic mass is 10.1. The fourth-order valence-electron chi connectivity index (χ4n) is 4.16. The zero-order valence-corrected chi connectivity index (χ0v) is 21.9. The lowest BCUT2D eigenvalue weighted by Gasteiger charge is -2.36. The van der Waals surface area contributed by atoms with E-state index in [0.29, 0.717) is 43.5 Å². The maximum Gasteiger partial charge on any atom is 0.264 e. The van der Waals surface area contributed by atoms with Crippen molar-refractivity contribution >= 4 is 29.0 Å². The monoisotopic (exact) mass is 507 g/mol. The van der Waals surface area contributed by atoms with E-state index in [-0.39, 0.29) is 18.4 Å². The molecule has 1 fully saturated rings. The van der Waals surface area contributed by atoms with E-state index in [1.807, 2.05) is 58.8 Å². The summed E-state index contributed by atoms with van der Waals surface area (Å²) in [6.45, 7) is 7.41. The summed E-state index contributed by atoms with van der Waals surface area (Å²) in [5.74, 6) is 1.82. The highest BCUT2D eigenvalue weighted by atomic mass is 32.1. The third-order valence-corrected chi connectivity index (χ3v) is 7.40. The minimum Gasteiger partial charge on any atom is -0.497 e. The van der Waals surface area contributed by atoms with Crippen LogP contribution in [0.15, 0.2) is 53.9 Å². The van der Waals surface area contributed by atoms with Crippen LogP contribution in [-0.2, 0) is 4.79 Å². The highest BCUT2D eigenvalue weighted by molar-refractivity contribution is 7.12. The van der Waals surface area contributed by atoms with Gasteiger partial charge in [-0.1, -0.05) is 38.5 Å². The number of piperazine rings is 1. The second-order valence-electron chi connectivity index (χ2n) is 9.05. The van der Waals surface area contributed by atoms with Crippen molar-refractivity contribution in [3.63, 3.8) is 0 Å². The second kappa shape index (κ2) is 12.0. The number of ether oxygens (including phenoxy) is 1. The van der Waals surface area contributed by atoms with Gasteiger partial charge in [0, 0.05) is 38.3 Å². The van der Waals surface area contributed by atoms with Gasteiger partial charge in [-0.2, -0.15) is 0 Å². The molecule has 0 bridgehead atoms. The van der Waals surface area contributed by atoms with Crippen molar-refractivity contribution in [3.8, 4) is 17.0 Å². The Kier molecular flexibility index (Phi) is 8.53. The highest BCUT2D eigenvalue weighted by Crippen LogP contribution is 2.23. The minimum absolute atomic E-state index is 0.0117. The molecule has 0 spiro atoms. The number of rotatable bonds is 9. The van der Waals surface area contributed by atoms with Gasteiger partial charge in [0.1, 0.15) is 12.3 Å². The zero-order valence-electron chi connectivity index (χ0n) is 21.1. The van der Waals surface area contributed by atoms with E-state index in [1.165, 1.54) is 11.3 Å². The van der Waals surface area contributed by atoms with Gasteiger partial charge in [0.2, 0.25) is 5.91 Å². The van der Waals surface area contributed by atoms with E-state index in [0.717, 1.165) is 29.2 Å². The average molecular weight is 508 g/mol. The number of hydrogen-bond donors (Lipinski definition) is 0. The number of carbonyl (C=O) groups excluding carboxylic acids is 2. The van der Waals surface area contributed by atoms with Crippen molar-refractivity contribution in [1.29, 1.82) is 0 Å². The number of nitrogens with zero attached hydrogens (tertiary/aromatic N) is 5. The van der Waals surface area contributed by atoms with Crippen molar-refractivity contribution < 1.29 is 14.3 Å². The second-order valence-corrected chi connectivity index (χ2v) is 10.0. The molecule has 1 aliphatic heterocycles. The number of amides is 2. The molecule has 0 radical (unpaired) electrons. The molecular formula is C27H33N5O3S. The van der Waals surface area contributed by atoms with Crippen LogP contribution in [-0.4, -0.2) is 78.2 Å². The zero-order chi connectivity index (χ0) is 25.5. The topological polar surface area (TPSA) is 78.9 Å². The van der Waals surface area contributed by atoms with E-state index < -0.39 is 0 Å². The lowest BCUT2D eigenvalue weighted by molar-refractivity contribution is -0.132. The first-order chi connectivity index (χ1) is 17.5. The summed E-state index contributed by atoms with van der Waals surface area (Å²) in [6.07, 6.45) is 0.957. The van der Waals surface area contributed by atoms with Gasteiger partial charge in [-0.05, 0) is 41.6 Å². The van der Waals surface area contributed by atoms with Crippen LogP contribution in [0.3, 0.4) is 0 Å². The van der Waals surface area contributed by atoms with Crippen molar-refractivity contribution in [3.05, 3.63) is 58.8 Å². The number of carbonyl (C=O) groups is 2. The number of methoxy groups -OCH3 is 1. The maximum atomic E-state index is 13.1. The summed E-state index contributed by atoms with van der Waals surface area (Å²) in [6, 6.07) is 15.3. The molecule has 1 saturated heterocycles. The number of aromatic nitrogens is 2. The van der Waals surface area contributed by atoms with Crippen LogP contribution in [0.4, 0.5) is 5.82 Å². The molecule has 190 valence electrons. The summed E-state index contributed by atoms with van der Waals surface area (Å²) in [5, 5.41) is 10.7. The Hall–Kier alpha value is -3.46. The van der Waals surface area contributed by atoms with Crippen LogP contribution in [0.2, 0.25) is 0 Å². The first kappa shape index (κ1) is 25.6. The van der Waals surface area contributed by atoms with Crippen molar-refractivity contribution in [2.24, 2.45) is 5.92 Å². The SMILES string of the molecule is CC[C@H](C)CN(CC(=O)N1CCN(c2ccc(-c3cccc(OC)c3)nn2)CC1)C(=O)c1cccs1. The number of thiophene rings is 1. The fourth-order valence-corrected chi connectivity index (χ4v) is 4.85. The molecule has 0 N–H and O–H groups in total. The largest absolute Gasteiger partial charge is 0.497 e. The molecule has 0 unspecified atom stereocenters. The molecule has 0 saturated carbocycles. The Bertz CT molecular complexity index is 1140. The third kappa shape index (κ3) is 6.20. The fraction of sp³-hybridized carbons (Fsp3) is 0.407. The molecule has 9 heteroatoms. The van der Waals surface area contributed by atoms with Crippen LogP contribution >= 0.6 is 11.3 Å². The highest BCUT2D eigenvalue weighted by Gasteiger charge is 2.27. The van der Waals surface area contributed by atoms with Crippen LogP contribution in [0.25, 0.3) is 11.3 Å². The van der Waals surface area contributed by atoms with Crippen molar-refractivity contribution in [2.75, 3.05) is 51.3 Å². The van der Waals surface area contributed by atoms with Crippen LogP contribution in [0.5, 0.6) is 5.75 Å². The van der Waals surface area contributed by atoms with Gasteiger partial charge in [0.25, 0.3) is 5.91 Å². The van der Waals surface area contributed by atoms with Crippen molar-refractivity contribution in [1.82, 2.24) is 20.0 Å². The van der Waals surface area contributed by atoms with Gasteiger partial charge in [0.05, 0.1) is 17.7 Å². The molecule has 1 aliphatic rings. The number of hydrogen-bond acceptors (Lipinski definition) is 7. The Balaban J connectivity index is 1.34. The minimum atomic E-state index is -0.0660. The molecule has 4 rings (SSSR count). The first-order valence-corrected chi connectivity index (χ1v) is 13.2. The average Bonchev–Trinajstić information content (AvgIpc) is 3.47. The quantitative estimate of drug-likeness (QED) is 0.435. The maximum absolute atomic E-state index is 13.1. The molecule has 1 aromatic carbocycles. The Morgan fingerprint density at radius 1 is 1.08 bits per heavy atom. The van der Waals surface area contributed by atoms with E-state index in [9.17, 15) is 9.59 Å². The van der Waals surface area contributed by atoms with Gasteiger partial charge < -0.3 is 19.4 Å². The smallest absolute Gasteiger partial charge is 0.264 e.